The minimum Gasteiger partial charge on any atom is -0.354 e. The Morgan fingerprint density at radius 2 is 1.67 bits per heavy atom. The highest BCUT2D eigenvalue weighted by Gasteiger charge is 2.06. The summed E-state index contributed by atoms with van der Waals surface area (Å²) in [6.07, 6.45) is 4.49. The first kappa shape index (κ1) is 17.9. The molecule has 2 aromatic rings. The van der Waals surface area contributed by atoms with Crippen LogP contribution in [0.3, 0.4) is 0 Å². The fourth-order valence-corrected chi connectivity index (χ4v) is 2.45. The van der Waals surface area contributed by atoms with Crippen LogP contribution in [0.5, 0.6) is 0 Å². The van der Waals surface area contributed by atoms with Gasteiger partial charge in [-0.25, -0.2) is 9.97 Å². The van der Waals surface area contributed by atoms with Crippen molar-refractivity contribution in [3.05, 3.63) is 42.2 Å². The standard InChI is InChI=1S/C19H26N4O/c1-13(2)10-20-19-21-11-18(12-22-19)17-7-5-16(6-8-17)9-14(3)23-15(4)24/h5-8,11-14H,9-10H2,1-4H3,(H,23,24)(H,20,21,22). The molecule has 1 aromatic heterocycles. The highest BCUT2D eigenvalue weighted by atomic mass is 16.1. The van der Waals surface area contributed by atoms with Crippen LogP contribution in [0.1, 0.15) is 33.3 Å². The number of aromatic nitrogens is 2. The summed E-state index contributed by atoms with van der Waals surface area (Å²) < 4.78 is 0. The topological polar surface area (TPSA) is 66.9 Å². The Balaban J connectivity index is 1.98. The van der Waals surface area contributed by atoms with Crippen LogP contribution < -0.4 is 10.6 Å². The number of amides is 1. The number of rotatable bonds is 7. The number of carbonyl (C=O) groups excluding carboxylic acids is 1. The third-order valence-corrected chi connectivity index (χ3v) is 3.60. The zero-order chi connectivity index (χ0) is 17.5. The first-order chi connectivity index (χ1) is 11.4. The van der Waals surface area contributed by atoms with Crippen LogP contribution in [-0.4, -0.2) is 28.5 Å². The van der Waals surface area contributed by atoms with Gasteiger partial charge in [0.25, 0.3) is 0 Å². The molecule has 0 aliphatic rings. The maximum absolute atomic E-state index is 11.1. The van der Waals surface area contributed by atoms with Crippen LogP contribution >= 0.6 is 0 Å². The average molecular weight is 326 g/mol. The summed E-state index contributed by atoms with van der Waals surface area (Å²) in [5.41, 5.74) is 3.27. The first-order valence-electron chi connectivity index (χ1n) is 8.36. The second-order valence-corrected chi connectivity index (χ2v) is 6.57. The van der Waals surface area contributed by atoms with Crippen molar-refractivity contribution in [1.29, 1.82) is 0 Å². The first-order valence-corrected chi connectivity index (χ1v) is 8.36. The lowest BCUT2D eigenvalue weighted by Gasteiger charge is -2.12. The van der Waals surface area contributed by atoms with Crippen molar-refractivity contribution in [1.82, 2.24) is 15.3 Å². The van der Waals surface area contributed by atoms with Gasteiger partial charge in [-0.05, 0) is 30.4 Å². The molecule has 5 heteroatoms. The summed E-state index contributed by atoms with van der Waals surface area (Å²) in [6, 6.07) is 8.42. The summed E-state index contributed by atoms with van der Waals surface area (Å²) in [6.45, 7) is 8.71. The van der Waals surface area contributed by atoms with Gasteiger partial charge < -0.3 is 10.6 Å². The van der Waals surface area contributed by atoms with Crippen LogP contribution in [0.4, 0.5) is 5.95 Å². The molecule has 0 aliphatic carbocycles. The number of hydrogen-bond acceptors (Lipinski definition) is 4. The van der Waals surface area contributed by atoms with Crippen molar-refractivity contribution in [3.63, 3.8) is 0 Å². The fourth-order valence-electron chi connectivity index (χ4n) is 2.45. The van der Waals surface area contributed by atoms with Gasteiger partial charge in [-0.2, -0.15) is 0 Å². The van der Waals surface area contributed by atoms with Gasteiger partial charge in [-0.15, -0.1) is 0 Å². The predicted molar refractivity (Wildman–Crippen MR) is 97.8 cm³/mol. The van der Waals surface area contributed by atoms with Crippen LogP contribution in [0.2, 0.25) is 0 Å². The van der Waals surface area contributed by atoms with Gasteiger partial charge in [0, 0.05) is 37.5 Å². The SMILES string of the molecule is CC(=O)NC(C)Cc1ccc(-c2cnc(NCC(C)C)nc2)cc1. The van der Waals surface area contributed by atoms with Crippen LogP contribution in [0, 0.1) is 5.92 Å². The molecular weight excluding hydrogens is 300 g/mol. The van der Waals surface area contributed by atoms with E-state index in [0.717, 1.165) is 24.1 Å². The molecule has 1 aromatic carbocycles. The number of nitrogens with one attached hydrogen (secondary N) is 2. The summed E-state index contributed by atoms with van der Waals surface area (Å²) >= 11 is 0. The molecule has 0 bridgehead atoms. The van der Waals surface area contributed by atoms with Crippen molar-refractivity contribution in [2.75, 3.05) is 11.9 Å². The normalized spacial score (nSPS) is 12.0. The number of anilines is 1. The van der Waals surface area contributed by atoms with Crippen molar-refractivity contribution in [3.8, 4) is 11.1 Å². The molecule has 0 spiro atoms. The number of nitrogens with zero attached hydrogens (tertiary/aromatic N) is 2. The highest BCUT2D eigenvalue weighted by molar-refractivity contribution is 5.73. The number of hydrogen-bond donors (Lipinski definition) is 2. The zero-order valence-electron chi connectivity index (χ0n) is 14.8. The van der Waals surface area contributed by atoms with Gasteiger partial charge in [-0.3, -0.25) is 4.79 Å². The lowest BCUT2D eigenvalue weighted by atomic mass is 10.0. The highest BCUT2D eigenvalue weighted by Crippen LogP contribution is 2.19. The van der Waals surface area contributed by atoms with E-state index in [0.29, 0.717) is 11.9 Å². The van der Waals surface area contributed by atoms with E-state index in [2.05, 4.69) is 58.7 Å². The van der Waals surface area contributed by atoms with Gasteiger partial charge in [0.15, 0.2) is 0 Å². The molecule has 1 unspecified atom stereocenters. The number of benzene rings is 1. The van der Waals surface area contributed by atoms with Crippen molar-refractivity contribution in [2.24, 2.45) is 5.92 Å². The lowest BCUT2D eigenvalue weighted by molar-refractivity contribution is -0.119. The van der Waals surface area contributed by atoms with E-state index in [-0.39, 0.29) is 11.9 Å². The molecule has 0 saturated heterocycles. The molecule has 128 valence electrons. The van der Waals surface area contributed by atoms with E-state index in [9.17, 15) is 4.79 Å². The molecule has 1 atom stereocenters. The smallest absolute Gasteiger partial charge is 0.222 e. The zero-order valence-corrected chi connectivity index (χ0v) is 14.8. The molecule has 1 amide bonds. The minimum absolute atomic E-state index is 0.00225. The minimum atomic E-state index is 0.00225. The van der Waals surface area contributed by atoms with E-state index in [4.69, 9.17) is 0 Å². The van der Waals surface area contributed by atoms with E-state index in [1.807, 2.05) is 19.3 Å². The Kier molecular flexibility index (Phi) is 6.29. The Morgan fingerprint density at radius 3 is 2.21 bits per heavy atom. The van der Waals surface area contributed by atoms with Gasteiger partial charge in [-0.1, -0.05) is 38.1 Å². The van der Waals surface area contributed by atoms with Crippen LogP contribution in [-0.2, 0) is 11.2 Å². The molecule has 5 nitrogen and oxygen atoms in total. The third-order valence-electron chi connectivity index (χ3n) is 3.60. The number of carbonyl (C=O) groups is 1. The molecular formula is C19H26N4O. The molecule has 24 heavy (non-hydrogen) atoms. The largest absolute Gasteiger partial charge is 0.354 e. The Labute approximate surface area is 143 Å². The molecule has 0 fully saturated rings. The predicted octanol–water partition coefficient (Wildman–Crippen LogP) is 3.28. The third kappa shape index (κ3) is 5.65. The molecule has 2 rings (SSSR count). The Bertz CT molecular complexity index is 650. The molecule has 0 aliphatic heterocycles. The Hall–Kier alpha value is -2.43. The van der Waals surface area contributed by atoms with E-state index in [1.165, 1.54) is 5.56 Å². The molecule has 1 heterocycles. The Morgan fingerprint density at radius 1 is 1.04 bits per heavy atom. The van der Waals surface area contributed by atoms with E-state index >= 15 is 0 Å². The maximum Gasteiger partial charge on any atom is 0.222 e. The summed E-state index contributed by atoms with van der Waals surface area (Å²) in [7, 11) is 0. The van der Waals surface area contributed by atoms with Crippen LogP contribution in [0.15, 0.2) is 36.7 Å². The molecule has 0 radical (unpaired) electrons. The summed E-state index contributed by atoms with van der Waals surface area (Å²) in [4.78, 5) is 19.8. The van der Waals surface area contributed by atoms with Crippen LogP contribution in [0.25, 0.3) is 11.1 Å². The quantitative estimate of drug-likeness (QED) is 0.819. The van der Waals surface area contributed by atoms with E-state index < -0.39 is 0 Å². The molecule has 0 saturated carbocycles. The monoisotopic (exact) mass is 326 g/mol. The lowest BCUT2D eigenvalue weighted by Crippen LogP contribution is -2.31. The van der Waals surface area contributed by atoms with Gasteiger partial charge >= 0.3 is 0 Å². The molecule has 2 N–H and O–H groups in total. The summed E-state index contributed by atoms with van der Waals surface area (Å²) in [5.74, 6) is 1.22. The van der Waals surface area contributed by atoms with Gasteiger partial charge in [0.2, 0.25) is 11.9 Å². The maximum atomic E-state index is 11.1. The van der Waals surface area contributed by atoms with Gasteiger partial charge in [0.05, 0.1) is 0 Å². The second kappa shape index (κ2) is 8.43. The van der Waals surface area contributed by atoms with Crippen molar-refractivity contribution < 1.29 is 4.79 Å². The average Bonchev–Trinajstić information content (AvgIpc) is 2.53. The van der Waals surface area contributed by atoms with Crippen molar-refractivity contribution in [2.45, 2.75) is 40.2 Å². The van der Waals surface area contributed by atoms with Gasteiger partial charge in [0.1, 0.15) is 0 Å². The van der Waals surface area contributed by atoms with Crippen molar-refractivity contribution >= 4 is 11.9 Å². The fraction of sp³-hybridized carbons (Fsp3) is 0.421. The van der Waals surface area contributed by atoms with E-state index in [1.54, 1.807) is 6.92 Å². The summed E-state index contributed by atoms with van der Waals surface area (Å²) in [5, 5.41) is 6.11. The second-order valence-electron chi connectivity index (χ2n) is 6.57.